The van der Waals surface area contributed by atoms with Crippen LogP contribution in [0.3, 0.4) is 0 Å². The van der Waals surface area contributed by atoms with E-state index in [1.165, 1.54) is 18.2 Å². The van der Waals surface area contributed by atoms with Gasteiger partial charge in [0.05, 0.1) is 6.10 Å². The molecule has 0 aliphatic rings. The molecule has 2 aromatic rings. The molecule has 26 heavy (non-hydrogen) atoms. The van der Waals surface area contributed by atoms with Crippen LogP contribution in [0.4, 0.5) is 30.7 Å². The molecule has 0 heterocycles. The largest absolute Gasteiger partial charge is 0.431 e. The van der Waals surface area contributed by atoms with E-state index in [-0.39, 0.29) is 5.56 Å². The van der Waals surface area contributed by atoms with Crippen molar-refractivity contribution in [3.8, 4) is 11.1 Å². The van der Waals surface area contributed by atoms with Gasteiger partial charge in [0.25, 0.3) is 0 Å². The highest BCUT2D eigenvalue weighted by atomic mass is 19.4. The van der Waals surface area contributed by atoms with E-state index >= 15 is 0 Å². The number of benzene rings is 2. The smallest absolute Gasteiger partial charge is 0.377 e. The average Bonchev–Trinajstić information content (AvgIpc) is 2.58. The molecule has 8 heteroatoms. The lowest BCUT2D eigenvalue weighted by Gasteiger charge is -2.33. The van der Waals surface area contributed by atoms with Gasteiger partial charge in [-0.1, -0.05) is 54.6 Å². The van der Waals surface area contributed by atoms with Crippen molar-refractivity contribution in [1.82, 2.24) is 0 Å². The van der Waals surface area contributed by atoms with E-state index in [1.54, 1.807) is 36.4 Å². The van der Waals surface area contributed by atoms with Crippen molar-refractivity contribution < 1.29 is 35.5 Å². The number of alkyl halides is 7. The summed E-state index contributed by atoms with van der Waals surface area (Å²) >= 11 is 0. The van der Waals surface area contributed by atoms with Gasteiger partial charge >= 0.3 is 18.0 Å². The molecule has 142 valence electrons. The maximum atomic E-state index is 14.1. The fourth-order valence-electron chi connectivity index (χ4n) is 2.63. The van der Waals surface area contributed by atoms with Crippen LogP contribution in [-0.2, 0) is 4.74 Å². The summed E-state index contributed by atoms with van der Waals surface area (Å²) in [6, 6.07) is 14.2. The third kappa shape index (κ3) is 3.85. The summed E-state index contributed by atoms with van der Waals surface area (Å²) in [4.78, 5) is 0. The summed E-state index contributed by atoms with van der Waals surface area (Å²) in [6.45, 7) is 0. The first-order chi connectivity index (χ1) is 12.0. The standard InChI is InChI=1S/C18H15F7O/c1-26-15(11-16(19,17(20,21)22)18(23,24)25)14-10-6-5-9-13(14)12-7-3-2-4-8-12/h2-10,15H,11H2,1H3. The van der Waals surface area contributed by atoms with Crippen LogP contribution in [0.1, 0.15) is 18.1 Å². The Kier molecular flexibility index (Phi) is 5.65. The van der Waals surface area contributed by atoms with Gasteiger partial charge in [-0.25, -0.2) is 4.39 Å². The van der Waals surface area contributed by atoms with Gasteiger partial charge in [-0.3, -0.25) is 0 Å². The molecule has 0 aliphatic carbocycles. The Labute approximate surface area is 145 Å². The molecule has 0 radical (unpaired) electrons. The van der Waals surface area contributed by atoms with E-state index in [2.05, 4.69) is 0 Å². The molecule has 1 unspecified atom stereocenters. The van der Waals surface area contributed by atoms with Gasteiger partial charge in [-0.05, 0) is 16.7 Å². The summed E-state index contributed by atoms with van der Waals surface area (Å²) < 4.78 is 96.3. The van der Waals surface area contributed by atoms with Gasteiger partial charge in [-0.15, -0.1) is 0 Å². The minimum atomic E-state index is -6.12. The molecule has 1 atom stereocenters. The Bertz CT molecular complexity index is 708. The van der Waals surface area contributed by atoms with Crippen molar-refractivity contribution in [3.05, 3.63) is 60.2 Å². The van der Waals surface area contributed by atoms with Crippen LogP contribution in [0, 0.1) is 0 Å². The quantitative estimate of drug-likeness (QED) is 0.556. The van der Waals surface area contributed by atoms with Gasteiger partial charge in [0.2, 0.25) is 0 Å². The first-order valence-electron chi connectivity index (χ1n) is 7.51. The molecule has 2 rings (SSSR count). The second kappa shape index (κ2) is 7.26. The van der Waals surface area contributed by atoms with E-state index in [4.69, 9.17) is 4.74 Å². The van der Waals surface area contributed by atoms with Gasteiger partial charge in [0.1, 0.15) is 0 Å². The zero-order valence-corrected chi connectivity index (χ0v) is 13.5. The zero-order valence-electron chi connectivity index (χ0n) is 13.5. The monoisotopic (exact) mass is 380 g/mol. The number of methoxy groups -OCH3 is 1. The number of halogens is 7. The van der Waals surface area contributed by atoms with Crippen molar-refractivity contribution in [2.24, 2.45) is 0 Å². The highest BCUT2D eigenvalue weighted by Crippen LogP contribution is 2.51. The third-order valence-corrected chi connectivity index (χ3v) is 4.04. The van der Waals surface area contributed by atoms with Crippen LogP contribution < -0.4 is 0 Å². The molecule has 0 amide bonds. The molecule has 2 aromatic carbocycles. The lowest BCUT2D eigenvalue weighted by atomic mass is 9.88. The maximum Gasteiger partial charge on any atom is 0.431 e. The first-order valence-corrected chi connectivity index (χ1v) is 7.51. The van der Waals surface area contributed by atoms with E-state index in [9.17, 15) is 30.7 Å². The van der Waals surface area contributed by atoms with Crippen LogP contribution in [0.25, 0.3) is 11.1 Å². The molecule has 0 saturated carbocycles. The molecule has 0 N–H and O–H groups in total. The van der Waals surface area contributed by atoms with Crippen molar-refractivity contribution in [1.29, 1.82) is 0 Å². The average molecular weight is 380 g/mol. The Morgan fingerprint density at radius 3 is 1.77 bits per heavy atom. The van der Waals surface area contributed by atoms with E-state index in [1.807, 2.05) is 0 Å². The normalized spacial score (nSPS) is 14.3. The van der Waals surface area contributed by atoms with Gasteiger partial charge in [0.15, 0.2) is 0 Å². The number of hydrogen-bond acceptors (Lipinski definition) is 1. The molecule has 0 bridgehead atoms. The summed E-state index contributed by atoms with van der Waals surface area (Å²) in [5.74, 6) is 0. The number of hydrogen-bond donors (Lipinski definition) is 0. The summed E-state index contributed by atoms with van der Waals surface area (Å²) in [5.41, 5.74) is -4.42. The molecular formula is C18H15F7O. The summed E-state index contributed by atoms with van der Waals surface area (Å²) in [7, 11) is 0.944. The highest BCUT2D eigenvalue weighted by molar-refractivity contribution is 5.67. The molecule has 0 aliphatic heterocycles. The van der Waals surface area contributed by atoms with Crippen molar-refractivity contribution in [3.63, 3.8) is 0 Å². The SMILES string of the molecule is COC(CC(F)(C(F)(F)F)C(F)(F)F)c1ccccc1-c1ccccc1. The minimum Gasteiger partial charge on any atom is -0.377 e. The van der Waals surface area contributed by atoms with Crippen molar-refractivity contribution >= 4 is 0 Å². The Hall–Kier alpha value is -2.09. The molecule has 0 fully saturated rings. The second-order valence-electron chi connectivity index (χ2n) is 5.68. The minimum absolute atomic E-state index is 0.0386. The van der Waals surface area contributed by atoms with Crippen LogP contribution in [0.15, 0.2) is 54.6 Å². The van der Waals surface area contributed by atoms with Crippen molar-refractivity contribution in [2.45, 2.75) is 30.5 Å². The zero-order chi connectivity index (χ0) is 19.6. The second-order valence-corrected chi connectivity index (χ2v) is 5.68. The van der Waals surface area contributed by atoms with Crippen LogP contribution >= 0.6 is 0 Å². The lowest BCUT2D eigenvalue weighted by molar-refractivity contribution is -0.348. The van der Waals surface area contributed by atoms with Crippen LogP contribution in [-0.4, -0.2) is 25.1 Å². The molecular weight excluding hydrogens is 365 g/mol. The van der Waals surface area contributed by atoms with Crippen LogP contribution in [0.2, 0.25) is 0 Å². The Morgan fingerprint density at radius 2 is 1.27 bits per heavy atom. The fourth-order valence-corrected chi connectivity index (χ4v) is 2.63. The van der Waals surface area contributed by atoms with Gasteiger partial charge in [0, 0.05) is 13.5 Å². The number of ether oxygens (including phenoxy) is 1. The van der Waals surface area contributed by atoms with Gasteiger partial charge < -0.3 is 4.74 Å². The Morgan fingerprint density at radius 1 is 0.769 bits per heavy atom. The molecule has 0 saturated heterocycles. The topological polar surface area (TPSA) is 9.23 Å². The van der Waals surface area contributed by atoms with E-state index in [0.717, 1.165) is 7.11 Å². The lowest BCUT2D eigenvalue weighted by Crippen LogP contribution is -2.54. The predicted molar refractivity (Wildman–Crippen MR) is 82.2 cm³/mol. The molecule has 0 aromatic heterocycles. The van der Waals surface area contributed by atoms with Crippen molar-refractivity contribution in [2.75, 3.05) is 7.11 Å². The fraction of sp³-hybridized carbons (Fsp3) is 0.333. The summed E-state index contributed by atoms with van der Waals surface area (Å²) in [5, 5.41) is 0. The Balaban J connectivity index is 2.50. The predicted octanol–water partition coefficient (Wildman–Crippen LogP) is 6.26. The maximum absolute atomic E-state index is 14.1. The molecule has 0 spiro atoms. The van der Waals surface area contributed by atoms with E-state index < -0.39 is 30.5 Å². The first kappa shape index (κ1) is 20.2. The van der Waals surface area contributed by atoms with Gasteiger partial charge in [-0.2, -0.15) is 26.3 Å². The van der Waals surface area contributed by atoms with E-state index in [0.29, 0.717) is 11.1 Å². The number of rotatable bonds is 5. The summed E-state index contributed by atoms with van der Waals surface area (Å²) in [6.07, 6.45) is -15.9. The highest BCUT2D eigenvalue weighted by Gasteiger charge is 2.72. The van der Waals surface area contributed by atoms with Crippen LogP contribution in [0.5, 0.6) is 0 Å². The molecule has 1 nitrogen and oxygen atoms in total. The third-order valence-electron chi connectivity index (χ3n) is 4.04.